The van der Waals surface area contributed by atoms with Crippen molar-refractivity contribution in [1.82, 2.24) is 9.97 Å². The number of ether oxygens (including phenoxy) is 1. The number of carbonyl (C=O) groups excluding carboxylic acids is 1. The highest BCUT2D eigenvalue weighted by atomic mass is 32.2. The van der Waals surface area contributed by atoms with Crippen molar-refractivity contribution < 1.29 is 14.6 Å². The summed E-state index contributed by atoms with van der Waals surface area (Å²) in [6, 6.07) is 0. The molecule has 1 heterocycles. The lowest BCUT2D eigenvalue weighted by Crippen LogP contribution is -2.10. The first-order valence-corrected chi connectivity index (χ1v) is 6.09. The van der Waals surface area contributed by atoms with E-state index < -0.39 is 12.1 Å². The quantitative estimate of drug-likeness (QED) is 0.475. The van der Waals surface area contributed by atoms with Gasteiger partial charge in [0.05, 0.1) is 19.1 Å². The largest absolute Gasteiger partial charge is 0.466 e. The number of aliphatic hydroxyl groups excluding tert-OH is 1. The molecule has 1 atom stereocenters. The van der Waals surface area contributed by atoms with Crippen LogP contribution in [0.25, 0.3) is 0 Å². The molecule has 0 radical (unpaired) electrons. The molecule has 1 aromatic rings. The zero-order valence-corrected chi connectivity index (χ0v) is 10.0. The van der Waals surface area contributed by atoms with Gasteiger partial charge in [0.25, 0.3) is 0 Å². The van der Waals surface area contributed by atoms with Gasteiger partial charge in [-0.1, -0.05) is 11.8 Å². The molecule has 6 heteroatoms. The van der Waals surface area contributed by atoms with E-state index in [4.69, 9.17) is 4.74 Å². The molecular formula is C10H14N2O3S. The highest BCUT2D eigenvalue weighted by molar-refractivity contribution is 7.98. The number of aliphatic hydroxyl groups is 1. The summed E-state index contributed by atoms with van der Waals surface area (Å²) in [5.41, 5.74) is 0.519. The molecule has 16 heavy (non-hydrogen) atoms. The summed E-state index contributed by atoms with van der Waals surface area (Å²) in [5, 5.41) is 10.3. The number of hydrogen-bond donors (Lipinski definition) is 1. The van der Waals surface area contributed by atoms with Gasteiger partial charge in [-0.2, -0.15) is 0 Å². The van der Waals surface area contributed by atoms with Crippen molar-refractivity contribution in [2.45, 2.75) is 24.6 Å². The molecule has 1 aromatic heterocycles. The second-order valence-corrected chi connectivity index (χ2v) is 3.80. The molecule has 1 unspecified atom stereocenters. The van der Waals surface area contributed by atoms with Crippen molar-refractivity contribution in [3.8, 4) is 0 Å². The van der Waals surface area contributed by atoms with Gasteiger partial charge in [0.15, 0.2) is 5.16 Å². The second kappa shape index (κ2) is 6.44. The minimum atomic E-state index is -0.907. The fourth-order valence-corrected chi connectivity index (χ4v) is 1.42. The van der Waals surface area contributed by atoms with Gasteiger partial charge in [0.2, 0.25) is 0 Å². The van der Waals surface area contributed by atoms with Crippen LogP contribution in [0.2, 0.25) is 0 Å². The number of rotatable bonds is 5. The first kappa shape index (κ1) is 12.9. The topological polar surface area (TPSA) is 72.3 Å². The molecule has 0 spiro atoms. The molecule has 0 saturated carbocycles. The van der Waals surface area contributed by atoms with Gasteiger partial charge in [-0.05, 0) is 13.2 Å². The van der Waals surface area contributed by atoms with Crippen molar-refractivity contribution in [3.63, 3.8) is 0 Å². The highest BCUT2D eigenvalue weighted by Gasteiger charge is 2.14. The number of esters is 1. The zero-order chi connectivity index (χ0) is 12.0. The van der Waals surface area contributed by atoms with Crippen LogP contribution in [-0.2, 0) is 9.53 Å². The Morgan fingerprint density at radius 1 is 1.56 bits per heavy atom. The predicted molar refractivity (Wildman–Crippen MR) is 60.0 cm³/mol. The van der Waals surface area contributed by atoms with Crippen LogP contribution in [0.4, 0.5) is 0 Å². The molecule has 0 saturated heterocycles. The molecule has 0 bridgehead atoms. The van der Waals surface area contributed by atoms with Crippen molar-refractivity contribution in [1.29, 1.82) is 0 Å². The second-order valence-electron chi connectivity index (χ2n) is 3.03. The number of carbonyl (C=O) groups is 1. The van der Waals surface area contributed by atoms with E-state index in [1.54, 1.807) is 6.92 Å². The van der Waals surface area contributed by atoms with Crippen molar-refractivity contribution in [2.75, 3.05) is 12.9 Å². The first-order chi connectivity index (χ1) is 7.67. The van der Waals surface area contributed by atoms with Gasteiger partial charge in [-0.15, -0.1) is 0 Å². The van der Waals surface area contributed by atoms with Gasteiger partial charge in [-0.25, -0.2) is 9.97 Å². The third kappa shape index (κ3) is 3.79. The van der Waals surface area contributed by atoms with Gasteiger partial charge < -0.3 is 9.84 Å². The Kier molecular flexibility index (Phi) is 5.21. The monoisotopic (exact) mass is 242 g/mol. The van der Waals surface area contributed by atoms with Crippen LogP contribution in [0.3, 0.4) is 0 Å². The molecule has 0 amide bonds. The van der Waals surface area contributed by atoms with Gasteiger partial charge in [0, 0.05) is 18.0 Å². The van der Waals surface area contributed by atoms with Gasteiger partial charge >= 0.3 is 5.97 Å². The van der Waals surface area contributed by atoms with E-state index in [0.717, 1.165) is 0 Å². The minimum absolute atomic E-state index is 0.0736. The van der Waals surface area contributed by atoms with Crippen molar-refractivity contribution >= 4 is 17.7 Å². The van der Waals surface area contributed by atoms with Crippen LogP contribution >= 0.6 is 11.8 Å². The molecule has 0 aliphatic rings. The summed E-state index contributed by atoms with van der Waals surface area (Å²) in [5.74, 6) is -0.427. The van der Waals surface area contributed by atoms with Gasteiger partial charge in [0.1, 0.15) is 0 Å². The van der Waals surface area contributed by atoms with Crippen LogP contribution in [0, 0.1) is 0 Å². The van der Waals surface area contributed by atoms with E-state index in [2.05, 4.69) is 9.97 Å². The average Bonchev–Trinajstić information content (AvgIpc) is 2.29. The minimum Gasteiger partial charge on any atom is -0.466 e. The summed E-state index contributed by atoms with van der Waals surface area (Å²) >= 11 is 1.42. The van der Waals surface area contributed by atoms with E-state index in [-0.39, 0.29) is 6.42 Å². The molecule has 0 aromatic carbocycles. The SMILES string of the molecule is CCOC(=O)CC(O)c1cnc(SC)nc1. The van der Waals surface area contributed by atoms with Crippen molar-refractivity contribution in [3.05, 3.63) is 18.0 Å². The highest BCUT2D eigenvalue weighted by Crippen LogP contribution is 2.16. The summed E-state index contributed by atoms with van der Waals surface area (Å²) in [6.45, 7) is 2.04. The summed E-state index contributed by atoms with van der Waals surface area (Å²) in [6.07, 6.45) is 3.92. The van der Waals surface area contributed by atoms with E-state index in [0.29, 0.717) is 17.3 Å². The fourth-order valence-electron chi connectivity index (χ4n) is 1.10. The van der Waals surface area contributed by atoms with Gasteiger partial charge in [-0.3, -0.25) is 4.79 Å². The zero-order valence-electron chi connectivity index (χ0n) is 9.21. The Morgan fingerprint density at radius 3 is 2.69 bits per heavy atom. The maximum absolute atomic E-state index is 11.1. The smallest absolute Gasteiger partial charge is 0.308 e. The van der Waals surface area contributed by atoms with Crippen LogP contribution < -0.4 is 0 Å². The fraction of sp³-hybridized carbons (Fsp3) is 0.500. The summed E-state index contributed by atoms with van der Waals surface area (Å²) < 4.78 is 4.74. The van der Waals surface area contributed by atoms with Crippen LogP contribution in [0.15, 0.2) is 17.6 Å². The maximum Gasteiger partial charge on any atom is 0.308 e. The molecule has 0 aliphatic carbocycles. The first-order valence-electron chi connectivity index (χ1n) is 4.87. The molecule has 0 aliphatic heterocycles. The number of nitrogens with zero attached hydrogens (tertiary/aromatic N) is 2. The van der Waals surface area contributed by atoms with E-state index in [1.165, 1.54) is 24.2 Å². The van der Waals surface area contributed by atoms with Crippen molar-refractivity contribution in [2.24, 2.45) is 0 Å². The standard InChI is InChI=1S/C10H14N2O3S/c1-3-15-9(14)4-8(13)7-5-11-10(16-2)12-6-7/h5-6,8,13H,3-4H2,1-2H3. The Balaban J connectivity index is 2.58. The summed E-state index contributed by atoms with van der Waals surface area (Å²) in [7, 11) is 0. The molecule has 0 fully saturated rings. The van der Waals surface area contributed by atoms with Crippen LogP contribution in [-0.4, -0.2) is 33.9 Å². The lowest BCUT2D eigenvalue weighted by atomic mass is 10.1. The number of hydrogen-bond acceptors (Lipinski definition) is 6. The molecule has 1 rings (SSSR count). The number of aromatic nitrogens is 2. The molecule has 88 valence electrons. The molecular weight excluding hydrogens is 228 g/mol. The van der Waals surface area contributed by atoms with E-state index >= 15 is 0 Å². The van der Waals surface area contributed by atoms with E-state index in [1.807, 2.05) is 6.26 Å². The Labute approximate surface area is 98.3 Å². The van der Waals surface area contributed by atoms with E-state index in [9.17, 15) is 9.90 Å². The average molecular weight is 242 g/mol. The molecule has 5 nitrogen and oxygen atoms in total. The Hall–Kier alpha value is -1.14. The Bertz CT molecular complexity index is 342. The van der Waals surface area contributed by atoms with Crippen LogP contribution in [0.5, 0.6) is 0 Å². The Morgan fingerprint density at radius 2 is 2.19 bits per heavy atom. The molecule has 1 N–H and O–H groups in total. The number of thioether (sulfide) groups is 1. The predicted octanol–water partition coefficient (Wildman–Crippen LogP) is 1.19. The maximum atomic E-state index is 11.1. The summed E-state index contributed by atoms with van der Waals surface area (Å²) in [4.78, 5) is 19.1. The third-order valence-electron chi connectivity index (χ3n) is 1.88. The third-order valence-corrected chi connectivity index (χ3v) is 2.46. The normalized spacial score (nSPS) is 12.2. The lowest BCUT2D eigenvalue weighted by molar-refractivity contribution is -0.145. The van der Waals surface area contributed by atoms with Crippen LogP contribution in [0.1, 0.15) is 25.0 Å². The lowest BCUT2D eigenvalue weighted by Gasteiger charge is -2.09.